The van der Waals surface area contributed by atoms with Gasteiger partial charge in [0, 0.05) is 5.56 Å². The predicted molar refractivity (Wildman–Crippen MR) is 120 cm³/mol. The number of amides is 1. The Hall–Kier alpha value is -2.60. The first-order valence-electron chi connectivity index (χ1n) is 8.84. The van der Waals surface area contributed by atoms with Crippen molar-refractivity contribution in [2.24, 2.45) is 0 Å². The molecule has 1 amide bonds. The van der Waals surface area contributed by atoms with Crippen LogP contribution in [0, 0.1) is 6.92 Å². The van der Waals surface area contributed by atoms with E-state index in [1.165, 1.54) is 11.3 Å². The van der Waals surface area contributed by atoms with Crippen LogP contribution in [0.2, 0.25) is 10.0 Å². The molecule has 4 aromatic rings. The van der Waals surface area contributed by atoms with Crippen molar-refractivity contribution in [3.8, 4) is 16.3 Å². The van der Waals surface area contributed by atoms with Gasteiger partial charge in [0.1, 0.15) is 10.8 Å². The topological polar surface area (TPSA) is 51.2 Å². The van der Waals surface area contributed by atoms with Crippen LogP contribution in [0.25, 0.3) is 20.8 Å². The van der Waals surface area contributed by atoms with Crippen LogP contribution in [0.1, 0.15) is 5.56 Å². The molecule has 4 rings (SSSR count). The lowest BCUT2D eigenvalue weighted by Gasteiger charge is -2.12. The SMILES string of the molecule is Cc1ccccc1OCC(=O)Nc1cc(-c2nc3ccccc3s2)c(Cl)cc1Cl. The molecule has 0 aliphatic heterocycles. The van der Waals surface area contributed by atoms with Gasteiger partial charge in [-0.1, -0.05) is 53.5 Å². The number of rotatable bonds is 5. The molecule has 0 aliphatic rings. The van der Waals surface area contributed by atoms with Crippen LogP contribution >= 0.6 is 34.5 Å². The Bertz CT molecular complexity index is 1170. The molecule has 0 unspecified atom stereocenters. The van der Waals surface area contributed by atoms with Gasteiger partial charge in [-0.25, -0.2) is 4.98 Å². The number of nitrogens with zero attached hydrogens (tertiary/aromatic N) is 1. The van der Waals surface area contributed by atoms with Gasteiger partial charge in [-0.2, -0.15) is 0 Å². The Morgan fingerprint density at radius 2 is 1.83 bits per heavy atom. The number of anilines is 1. The van der Waals surface area contributed by atoms with Gasteiger partial charge in [0.25, 0.3) is 5.91 Å². The molecule has 146 valence electrons. The lowest BCUT2D eigenvalue weighted by Crippen LogP contribution is -2.20. The number of carbonyl (C=O) groups is 1. The van der Waals surface area contributed by atoms with Gasteiger partial charge in [0.2, 0.25) is 0 Å². The Kier molecular flexibility index (Phi) is 5.72. The quantitative estimate of drug-likeness (QED) is 0.378. The second-order valence-corrected chi connectivity index (χ2v) is 8.25. The van der Waals surface area contributed by atoms with Crippen LogP contribution in [-0.4, -0.2) is 17.5 Å². The van der Waals surface area contributed by atoms with Gasteiger partial charge >= 0.3 is 0 Å². The third-order valence-corrected chi connectivity index (χ3v) is 6.00. The highest BCUT2D eigenvalue weighted by Crippen LogP contribution is 2.38. The maximum atomic E-state index is 12.4. The molecule has 0 fully saturated rings. The minimum absolute atomic E-state index is 0.125. The second kappa shape index (κ2) is 8.41. The Labute approximate surface area is 182 Å². The zero-order valence-corrected chi connectivity index (χ0v) is 17.7. The number of ether oxygens (including phenoxy) is 1. The summed E-state index contributed by atoms with van der Waals surface area (Å²) in [5.74, 6) is 0.354. The van der Waals surface area contributed by atoms with E-state index in [1.54, 1.807) is 12.1 Å². The average Bonchev–Trinajstić information content (AvgIpc) is 3.13. The van der Waals surface area contributed by atoms with E-state index in [1.807, 2.05) is 55.5 Å². The maximum absolute atomic E-state index is 12.4. The van der Waals surface area contributed by atoms with Gasteiger partial charge in [-0.05, 0) is 42.8 Å². The standard InChI is InChI=1S/C22H16Cl2N2O2S/c1-13-6-2-4-8-19(13)28-12-21(27)25-18-10-14(15(23)11-16(18)24)22-26-17-7-3-5-9-20(17)29-22/h2-11H,12H2,1H3,(H,25,27). The fourth-order valence-electron chi connectivity index (χ4n) is 2.84. The van der Waals surface area contributed by atoms with E-state index in [0.29, 0.717) is 27.0 Å². The van der Waals surface area contributed by atoms with Crippen LogP contribution in [0.15, 0.2) is 60.7 Å². The molecule has 3 aromatic carbocycles. The van der Waals surface area contributed by atoms with E-state index in [9.17, 15) is 4.79 Å². The average molecular weight is 443 g/mol. The van der Waals surface area contributed by atoms with Crippen LogP contribution in [0.3, 0.4) is 0 Å². The number of carbonyl (C=O) groups excluding carboxylic acids is 1. The lowest BCUT2D eigenvalue weighted by molar-refractivity contribution is -0.118. The van der Waals surface area contributed by atoms with Crippen LogP contribution in [-0.2, 0) is 4.79 Å². The Morgan fingerprint density at radius 3 is 2.62 bits per heavy atom. The molecule has 0 spiro atoms. The van der Waals surface area contributed by atoms with Crippen molar-refractivity contribution in [3.05, 3.63) is 76.3 Å². The van der Waals surface area contributed by atoms with Crippen molar-refractivity contribution >= 4 is 56.3 Å². The van der Waals surface area contributed by atoms with Crippen molar-refractivity contribution < 1.29 is 9.53 Å². The van der Waals surface area contributed by atoms with Gasteiger partial charge in [0.05, 0.1) is 25.9 Å². The molecular formula is C22H16Cl2N2O2S. The van der Waals surface area contributed by atoms with E-state index >= 15 is 0 Å². The zero-order valence-electron chi connectivity index (χ0n) is 15.4. The smallest absolute Gasteiger partial charge is 0.262 e. The molecule has 29 heavy (non-hydrogen) atoms. The molecule has 7 heteroatoms. The van der Waals surface area contributed by atoms with Crippen LogP contribution in [0.5, 0.6) is 5.75 Å². The normalized spacial score (nSPS) is 10.9. The minimum atomic E-state index is -0.312. The zero-order chi connectivity index (χ0) is 20.4. The summed E-state index contributed by atoms with van der Waals surface area (Å²) in [6.07, 6.45) is 0. The molecule has 0 atom stereocenters. The van der Waals surface area contributed by atoms with Gasteiger partial charge in [-0.15, -0.1) is 11.3 Å². The lowest BCUT2D eigenvalue weighted by atomic mass is 10.2. The summed E-state index contributed by atoms with van der Waals surface area (Å²) in [5.41, 5.74) is 3.04. The first-order chi connectivity index (χ1) is 14.0. The summed E-state index contributed by atoms with van der Waals surface area (Å²) in [7, 11) is 0. The van der Waals surface area contributed by atoms with E-state index in [4.69, 9.17) is 27.9 Å². The molecule has 0 saturated carbocycles. The van der Waals surface area contributed by atoms with Crippen molar-refractivity contribution in [1.82, 2.24) is 4.98 Å². The molecule has 1 heterocycles. The van der Waals surface area contributed by atoms with Crippen molar-refractivity contribution in [1.29, 1.82) is 0 Å². The number of fused-ring (bicyclic) bond motifs is 1. The third kappa shape index (κ3) is 4.37. The van der Waals surface area contributed by atoms with Crippen molar-refractivity contribution in [3.63, 3.8) is 0 Å². The van der Waals surface area contributed by atoms with E-state index in [0.717, 1.165) is 20.8 Å². The molecule has 0 radical (unpaired) electrons. The van der Waals surface area contributed by atoms with Crippen LogP contribution < -0.4 is 10.1 Å². The first-order valence-corrected chi connectivity index (χ1v) is 10.4. The number of aromatic nitrogens is 1. The summed E-state index contributed by atoms with van der Waals surface area (Å²) in [6.45, 7) is 1.80. The number of para-hydroxylation sites is 2. The molecule has 0 saturated heterocycles. The van der Waals surface area contributed by atoms with E-state index in [2.05, 4.69) is 10.3 Å². The number of hydrogen-bond donors (Lipinski definition) is 1. The largest absolute Gasteiger partial charge is 0.483 e. The highest BCUT2D eigenvalue weighted by molar-refractivity contribution is 7.21. The molecule has 0 bridgehead atoms. The monoisotopic (exact) mass is 442 g/mol. The predicted octanol–water partition coefficient (Wildman–Crippen LogP) is 6.60. The third-order valence-electron chi connectivity index (χ3n) is 4.31. The van der Waals surface area contributed by atoms with Gasteiger partial charge in [-0.3, -0.25) is 4.79 Å². The van der Waals surface area contributed by atoms with Crippen LogP contribution in [0.4, 0.5) is 5.69 Å². The first kappa shape index (κ1) is 19.7. The number of hydrogen-bond acceptors (Lipinski definition) is 4. The second-order valence-electron chi connectivity index (χ2n) is 6.40. The Balaban J connectivity index is 1.55. The number of benzene rings is 3. The maximum Gasteiger partial charge on any atom is 0.262 e. The fraction of sp³-hybridized carbons (Fsp3) is 0.0909. The molecule has 1 aromatic heterocycles. The summed E-state index contributed by atoms with van der Waals surface area (Å²) < 4.78 is 6.66. The number of aryl methyl sites for hydroxylation is 1. The number of thiazole rings is 1. The van der Waals surface area contributed by atoms with E-state index < -0.39 is 0 Å². The van der Waals surface area contributed by atoms with E-state index in [-0.39, 0.29) is 12.5 Å². The minimum Gasteiger partial charge on any atom is -0.483 e. The fourth-order valence-corrected chi connectivity index (χ4v) is 4.42. The Morgan fingerprint density at radius 1 is 1.07 bits per heavy atom. The van der Waals surface area contributed by atoms with Crippen molar-refractivity contribution in [2.45, 2.75) is 6.92 Å². The van der Waals surface area contributed by atoms with Crippen molar-refractivity contribution in [2.75, 3.05) is 11.9 Å². The molecule has 0 aliphatic carbocycles. The molecular weight excluding hydrogens is 427 g/mol. The summed E-state index contributed by atoms with van der Waals surface area (Å²) >= 11 is 14.2. The molecule has 1 N–H and O–H groups in total. The summed E-state index contributed by atoms with van der Waals surface area (Å²) in [6, 6.07) is 18.7. The molecule has 4 nitrogen and oxygen atoms in total. The number of halogens is 2. The summed E-state index contributed by atoms with van der Waals surface area (Å²) in [5, 5.41) is 4.38. The number of nitrogens with one attached hydrogen (secondary N) is 1. The highest BCUT2D eigenvalue weighted by atomic mass is 35.5. The van der Waals surface area contributed by atoms with Gasteiger partial charge < -0.3 is 10.1 Å². The summed E-state index contributed by atoms with van der Waals surface area (Å²) in [4.78, 5) is 17.0. The highest BCUT2D eigenvalue weighted by Gasteiger charge is 2.15. The van der Waals surface area contributed by atoms with Gasteiger partial charge in [0.15, 0.2) is 6.61 Å².